The van der Waals surface area contributed by atoms with Crippen LogP contribution in [0.1, 0.15) is 77.7 Å². The Bertz CT molecular complexity index is 1930. The number of imidazole rings is 1. The molecular weight excluding hydrogens is 743 g/mol. The summed E-state index contributed by atoms with van der Waals surface area (Å²) < 4.78 is 31.3. The van der Waals surface area contributed by atoms with Crippen molar-refractivity contribution in [3.8, 4) is 11.3 Å². The average Bonchev–Trinajstić information content (AvgIpc) is 3.73. The second-order valence-corrected chi connectivity index (χ2v) is 17.6. The van der Waals surface area contributed by atoms with Crippen LogP contribution in [-0.2, 0) is 30.5 Å². The highest BCUT2D eigenvalue weighted by Crippen LogP contribution is 2.40. The number of rotatable bonds is 17. The number of nitrogens with zero attached hydrogens (tertiary/aromatic N) is 5. The van der Waals surface area contributed by atoms with Crippen molar-refractivity contribution in [2.24, 2.45) is 22.5 Å². The SMILES string of the molecule is CC1(C)CC(=O)N(CCCCN2C(=O)CC(SCC(CN)CN(C(=O)CO)C(c3nc(-c4cc(F)ccc4F)cn3Cc3ccccc3)C(C)(C)C)C2=O)C1=O. The third kappa shape index (κ3) is 9.72. The molecule has 3 heterocycles. The summed E-state index contributed by atoms with van der Waals surface area (Å²) >= 11 is 1.29. The Morgan fingerprint density at radius 1 is 1.04 bits per heavy atom. The van der Waals surface area contributed by atoms with Crippen LogP contribution in [-0.4, -0.2) is 103 Å². The monoisotopic (exact) mass is 794 g/mol. The van der Waals surface area contributed by atoms with E-state index in [2.05, 4.69) is 0 Å². The number of hydrogen-bond acceptors (Lipinski definition) is 9. The maximum atomic E-state index is 15.1. The summed E-state index contributed by atoms with van der Waals surface area (Å²) in [6.45, 7) is 9.37. The van der Waals surface area contributed by atoms with Gasteiger partial charge in [-0.05, 0) is 60.2 Å². The number of thioether (sulfide) groups is 1. The third-order valence-electron chi connectivity index (χ3n) is 10.3. The van der Waals surface area contributed by atoms with Crippen LogP contribution in [0.4, 0.5) is 8.78 Å². The lowest BCUT2D eigenvalue weighted by Crippen LogP contribution is -2.47. The van der Waals surface area contributed by atoms with E-state index in [9.17, 15) is 33.5 Å². The van der Waals surface area contributed by atoms with Gasteiger partial charge in [0.1, 0.15) is 24.1 Å². The van der Waals surface area contributed by atoms with E-state index in [1.807, 2.05) is 55.7 Å². The van der Waals surface area contributed by atoms with Crippen LogP contribution in [0, 0.1) is 28.4 Å². The lowest BCUT2D eigenvalue weighted by Gasteiger charge is -2.41. The van der Waals surface area contributed by atoms with E-state index in [0.717, 1.165) is 23.8 Å². The summed E-state index contributed by atoms with van der Waals surface area (Å²) in [4.78, 5) is 73.7. The van der Waals surface area contributed by atoms with E-state index in [-0.39, 0.29) is 79.8 Å². The molecule has 3 aromatic rings. The molecule has 3 atom stereocenters. The Morgan fingerprint density at radius 3 is 2.32 bits per heavy atom. The number of aliphatic hydroxyl groups is 1. The molecular formula is C41H52F2N6O6S. The number of benzene rings is 2. The van der Waals surface area contributed by atoms with E-state index < -0.39 is 46.3 Å². The van der Waals surface area contributed by atoms with Gasteiger partial charge >= 0.3 is 0 Å². The van der Waals surface area contributed by atoms with Gasteiger partial charge in [0.05, 0.1) is 22.4 Å². The highest BCUT2D eigenvalue weighted by molar-refractivity contribution is 8.00. The van der Waals surface area contributed by atoms with Gasteiger partial charge in [0, 0.05) is 50.8 Å². The van der Waals surface area contributed by atoms with Crippen LogP contribution in [0.15, 0.2) is 54.7 Å². The Kier molecular flexibility index (Phi) is 13.5. The second kappa shape index (κ2) is 17.8. The Morgan fingerprint density at radius 2 is 1.71 bits per heavy atom. The van der Waals surface area contributed by atoms with Crippen molar-refractivity contribution < 1.29 is 37.9 Å². The zero-order valence-electron chi connectivity index (χ0n) is 32.7. The summed E-state index contributed by atoms with van der Waals surface area (Å²) in [7, 11) is 0. The van der Waals surface area contributed by atoms with Crippen LogP contribution in [0.5, 0.6) is 0 Å². The summed E-state index contributed by atoms with van der Waals surface area (Å²) in [6, 6.07) is 11.9. The van der Waals surface area contributed by atoms with Gasteiger partial charge in [-0.25, -0.2) is 13.8 Å². The number of carbonyl (C=O) groups is 5. The van der Waals surface area contributed by atoms with Crippen LogP contribution in [0.25, 0.3) is 11.3 Å². The first-order chi connectivity index (χ1) is 26.4. The van der Waals surface area contributed by atoms with Crippen molar-refractivity contribution in [1.82, 2.24) is 24.3 Å². The summed E-state index contributed by atoms with van der Waals surface area (Å²) in [5, 5.41) is 9.59. The molecule has 0 radical (unpaired) electrons. The first-order valence-corrected chi connectivity index (χ1v) is 20.0. The van der Waals surface area contributed by atoms with E-state index in [0.29, 0.717) is 31.0 Å². The molecule has 3 N–H and O–H groups in total. The Balaban J connectivity index is 1.32. The molecule has 15 heteroatoms. The Labute approximate surface area is 330 Å². The minimum Gasteiger partial charge on any atom is -0.387 e. The number of likely N-dealkylation sites (tertiary alicyclic amines) is 2. The first kappa shape index (κ1) is 42.7. The molecule has 0 spiro atoms. The lowest BCUT2D eigenvalue weighted by atomic mass is 9.84. The Hall–Kier alpha value is -4.47. The van der Waals surface area contributed by atoms with Crippen molar-refractivity contribution in [2.45, 2.75) is 78.1 Å². The van der Waals surface area contributed by atoms with Crippen LogP contribution in [0.2, 0.25) is 0 Å². The summed E-state index contributed by atoms with van der Waals surface area (Å²) in [6.07, 6.45) is 2.72. The summed E-state index contributed by atoms with van der Waals surface area (Å²) in [5.74, 6) is -2.55. The molecule has 5 rings (SSSR count). The smallest absolute Gasteiger partial charge is 0.248 e. The minimum absolute atomic E-state index is 0.0122. The predicted octanol–water partition coefficient (Wildman–Crippen LogP) is 4.79. The van der Waals surface area contributed by atoms with Crippen molar-refractivity contribution in [1.29, 1.82) is 0 Å². The second-order valence-electron chi connectivity index (χ2n) is 16.3. The number of halogens is 2. The fraction of sp³-hybridized carbons (Fsp3) is 0.512. The molecule has 2 aromatic carbocycles. The average molecular weight is 795 g/mol. The van der Waals surface area contributed by atoms with E-state index in [4.69, 9.17) is 10.7 Å². The molecule has 302 valence electrons. The molecule has 56 heavy (non-hydrogen) atoms. The number of imide groups is 2. The quantitative estimate of drug-likeness (QED) is 0.145. The largest absolute Gasteiger partial charge is 0.387 e. The molecule has 5 amide bonds. The fourth-order valence-electron chi connectivity index (χ4n) is 7.35. The number of aromatic nitrogens is 2. The number of nitrogens with two attached hydrogens (primary N) is 1. The van der Waals surface area contributed by atoms with E-state index in [1.165, 1.54) is 26.5 Å². The molecule has 0 saturated carbocycles. The molecule has 3 unspecified atom stereocenters. The molecule has 0 bridgehead atoms. The van der Waals surface area contributed by atoms with Gasteiger partial charge in [-0.3, -0.25) is 33.8 Å². The zero-order chi connectivity index (χ0) is 40.9. The molecule has 1 aromatic heterocycles. The fourth-order valence-corrected chi connectivity index (χ4v) is 8.63. The van der Waals surface area contributed by atoms with E-state index in [1.54, 1.807) is 20.0 Å². The van der Waals surface area contributed by atoms with Gasteiger partial charge in [0.15, 0.2) is 0 Å². The van der Waals surface area contributed by atoms with Crippen molar-refractivity contribution in [2.75, 3.05) is 38.5 Å². The van der Waals surface area contributed by atoms with Crippen molar-refractivity contribution >= 4 is 41.3 Å². The van der Waals surface area contributed by atoms with Gasteiger partial charge in [0.2, 0.25) is 29.5 Å². The molecule has 2 aliphatic heterocycles. The van der Waals surface area contributed by atoms with Crippen LogP contribution >= 0.6 is 11.8 Å². The number of unbranched alkanes of at least 4 members (excludes halogenated alkanes) is 1. The topological polar surface area (TPSA) is 159 Å². The predicted molar refractivity (Wildman–Crippen MR) is 209 cm³/mol. The van der Waals surface area contributed by atoms with Gasteiger partial charge in [0.25, 0.3) is 0 Å². The van der Waals surface area contributed by atoms with Gasteiger partial charge in [-0.15, -0.1) is 11.8 Å². The van der Waals surface area contributed by atoms with Gasteiger partial charge in [-0.2, -0.15) is 0 Å². The number of aliphatic hydroxyl groups excluding tert-OH is 1. The highest BCUT2D eigenvalue weighted by atomic mass is 32.2. The van der Waals surface area contributed by atoms with Crippen LogP contribution < -0.4 is 5.73 Å². The maximum absolute atomic E-state index is 15.1. The van der Waals surface area contributed by atoms with Crippen molar-refractivity contribution in [3.05, 3.63) is 77.8 Å². The molecule has 2 saturated heterocycles. The minimum atomic E-state index is -0.801. The van der Waals surface area contributed by atoms with Gasteiger partial charge < -0.3 is 20.3 Å². The van der Waals surface area contributed by atoms with Gasteiger partial charge in [-0.1, -0.05) is 65.0 Å². The maximum Gasteiger partial charge on any atom is 0.248 e. The standard InChI is InChI=1S/C41H52F2N6O6S/c1-40(2,3)36(37-45-31(29-17-28(42)13-14-30(29)43)23-46(37)21-26-11-7-6-8-12-26)49(35(53)24-50)22-27(20-44)25-56-32-18-33(51)47(38(32)54)15-9-10-16-48-34(52)19-41(4,5)39(48)55/h6-8,11-14,17,23,27,32,36,50H,9-10,15-16,18-22,24-25,44H2,1-5H3. The van der Waals surface area contributed by atoms with E-state index >= 15 is 4.39 Å². The third-order valence-corrected chi connectivity index (χ3v) is 11.7. The molecule has 0 aliphatic carbocycles. The number of amides is 5. The van der Waals surface area contributed by atoms with Crippen molar-refractivity contribution in [3.63, 3.8) is 0 Å². The first-order valence-electron chi connectivity index (χ1n) is 18.9. The molecule has 2 fully saturated rings. The lowest BCUT2D eigenvalue weighted by molar-refractivity contribution is -0.142. The number of hydrogen-bond donors (Lipinski definition) is 2. The normalized spacial score (nSPS) is 18.3. The molecule has 12 nitrogen and oxygen atoms in total. The highest BCUT2D eigenvalue weighted by Gasteiger charge is 2.45. The number of carbonyl (C=O) groups excluding carboxylic acids is 5. The summed E-state index contributed by atoms with van der Waals surface area (Å²) in [5.41, 5.74) is 5.92. The zero-order valence-corrected chi connectivity index (χ0v) is 33.5. The van der Waals surface area contributed by atoms with Crippen LogP contribution in [0.3, 0.4) is 0 Å². The molecule has 2 aliphatic rings.